The predicted octanol–water partition coefficient (Wildman–Crippen LogP) is 4.48. The molecule has 3 aromatic rings. The van der Waals surface area contributed by atoms with Crippen LogP contribution in [0, 0.1) is 6.92 Å². The summed E-state index contributed by atoms with van der Waals surface area (Å²) in [4.78, 5) is 44.7. The zero-order chi connectivity index (χ0) is 25.1. The molecular formula is C25H22Cl2N4O4. The van der Waals surface area contributed by atoms with Gasteiger partial charge in [-0.25, -0.2) is 14.7 Å². The Morgan fingerprint density at radius 3 is 2.31 bits per heavy atom. The normalized spacial score (nSPS) is 20.0. The molecule has 2 amide bonds. The molecule has 35 heavy (non-hydrogen) atoms. The summed E-state index contributed by atoms with van der Waals surface area (Å²) in [6.07, 6.45) is 2.34. The predicted molar refractivity (Wildman–Crippen MR) is 131 cm³/mol. The zero-order valence-electron chi connectivity index (χ0n) is 19.0. The molecule has 0 saturated heterocycles. The number of carboxylic acids is 1. The van der Waals surface area contributed by atoms with Crippen LogP contribution >= 0.6 is 23.2 Å². The number of aryl methyl sites for hydroxylation is 1. The number of aliphatic carboxylic acids is 1. The number of aromatic nitrogens is 2. The molecule has 5 rings (SSSR count). The summed E-state index contributed by atoms with van der Waals surface area (Å²) in [6.45, 7) is 3.72. The number of anilines is 2. The highest BCUT2D eigenvalue weighted by atomic mass is 35.5. The fourth-order valence-corrected chi connectivity index (χ4v) is 5.05. The van der Waals surface area contributed by atoms with Gasteiger partial charge in [0.15, 0.2) is 0 Å². The van der Waals surface area contributed by atoms with Gasteiger partial charge in [-0.1, -0.05) is 53.0 Å². The van der Waals surface area contributed by atoms with Crippen LogP contribution in [0.4, 0.5) is 11.6 Å². The van der Waals surface area contributed by atoms with Crippen molar-refractivity contribution in [2.45, 2.75) is 44.2 Å². The maximum Gasteiger partial charge on any atom is 0.329 e. The maximum absolute atomic E-state index is 14.0. The van der Waals surface area contributed by atoms with Gasteiger partial charge >= 0.3 is 5.97 Å². The Bertz CT molecular complexity index is 1360. The number of benzene rings is 2. The highest BCUT2D eigenvalue weighted by Crippen LogP contribution is 2.44. The highest BCUT2D eigenvalue weighted by Gasteiger charge is 2.54. The first-order valence-electron chi connectivity index (χ1n) is 11.0. The number of nitrogens with zero attached hydrogens (tertiary/aromatic N) is 3. The van der Waals surface area contributed by atoms with Gasteiger partial charge in [0, 0.05) is 16.5 Å². The molecule has 1 saturated carbocycles. The van der Waals surface area contributed by atoms with Gasteiger partial charge in [0.2, 0.25) is 5.95 Å². The van der Waals surface area contributed by atoms with Crippen molar-refractivity contribution in [3.8, 4) is 0 Å². The van der Waals surface area contributed by atoms with Crippen molar-refractivity contribution in [1.82, 2.24) is 14.9 Å². The minimum atomic E-state index is -1.28. The van der Waals surface area contributed by atoms with Gasteiger partial charge < -0.3 is 10.4 Å². The third-order valence-electron chi connectivity index (χ3n) is 6.62. The molecule has 0 radical (unpaired) electrons. The van der Waals surface area contributed by atoms with Crippen LogP contribution in [0.3, 0.4) is 0 Å². The lowest BCUT2D eigenvalue weighted by atomic mass is 9.91. The van der Waals surface area contributed by atoms with Crippen molar-refractivity contribution in [1.29, 1.82) is 0 Å². The molecule has 0 bridgehead atoms. The Kier molecular flexibility index (Phi) is 5.41. The molecule has 2 N–H and O–H groups in total. The van der Waals surface area contributed by atoms with E-state index < -0.39 is 23.0 Å². The Morgan fingerprint density at radius 2 is 1.74 bits per heavy atom. The number of carbonyl (C=O) groups is 3. The number of hydrogen-bond acceptors (Lipinski definition) is 4. The van der Waals surface area contributed by atoms with Gasteiger partial charge in [-0.05, 0) is 50.5 Å². The van der Waals surface area contributed by atoms with Crippen LogP contribution < -0.4 is 10.2 Å². The third kappa shape index (κ3) is 3.86. The summed E-state index contributed by atoms with van der Waals surface area (Å²) in [6, 6.07) is 12.6. The molecule has 180 valence electrons. The van der Waals surface area contributed by atoms with Crippen molar-refractivity contribution in [3.63, 3.8) is 0 Å². The number of fused-ring (bicyclic) bond motifs is 1. The van der Waals surface area contributed by atoms with Crippen LogP contribution in [-0.2, 0) is 21.5 Å². The molecule has 2 heterocycles. The molecule has 1 unspecified atom stereocenters. The van der Waals surface area contributed by atoms with Gasteiger partial charge in [-0.2, -0.15) is 0 Å². The molecule has 1 fully saturated rings. The minimum Gasteiger partial charge on any atom is -0.480 e. The molecule has 10 heteroatoms. The van der Waals surface area contributed by atoms with Crippen molar-refractivity contribution < 1.29 is 19.5 Å². The van der Waals surface area contributed by atoms with E-state index in [1.807, 2.05) is 31.2 Å². The quantitative estimate of drug-likeness (QED) is 0.506. The van der Waals surface area contributed by atoms with Crippen LogP contribution in [0.15, 0.2) is 48.7 Å². The van der Waals surface area contributed by atoms with Crippen LogP contribution in [0.5, 0.6) is 0 Å². The number of halogens is 2. The zero-order valence-corrected chi connectivity index (χ0v) is 20.5. The second-order valence-corrected chi connectivity index (χ2v) is 10.2. The van der Waals surface area contributed by atoms with E-state index in [9.17, 15) is 19.5 Å². The van der Waals surface area contributed by atoms with Gasteiger partial charge in [0.1, 0.15) is 16.8 Å². The Balaban J connectivity index is 1.62. The van der Waals surface area contributed by atoms with Crippen LogP contribution in [0.2, 0.25) is 10.0 Å². The van der Waals surface area contributed by atoms with Crippen molar-refractivity contribution in [3.05, 3.63) is 75.5 Å². The van der Waals surface area contributed by atoms with E-state index >= 15 is 0 Å². The van der Waals surface area contributed by atoms with Gasteiger partial charge in [0.05, 0.1) is 11.9 Å². The molecule has 1 aromatic heterocycles. The van der Waals surface area contributed by atoms with Crippen molar-refractivity contribution in [2.75, 3.05) is 4.90 Å². The number of carbonyl (C=O) groups excluding carboxylic acids is 2. The topological polar surface area (TPSA) is 105 Å². The first-order chi connectivity index (χ1) is 16.5. The minimum absolute atomic E-state index is 0.103. The van der Waals surface area contributed by atoms with E-state index in [4.69, 9.17) is 23.2 Å². The number of imidazole rings is 1. The van der Waals surface area contributed by atoms with E-state index in [0.717, 1.165) is 11.1 Å². The Hall–Kier alpha value is -3.36. The van der Waals surface area contributed by atoms with Crippen LogP contribution in [0.25, 0.3) is 0 Å². The molecule has 8 nitrogen and oxygen atoms in total. The average Bonchev–Trinajstić information content (AvgIpc) is 3.38. The van der Waals surface area contributed by atoms with E-state index in [0.29, 0.717) is 28.6 Å². The number of nitrogens with one attached hydrogen (secondary N) is 1. The molecular weight excluding hydrogens is 491 g/mol. The molecule has 0 spiro atoms. The van der Waals surface area contributed by atoms with E-state index in [1.54, 1.807) is 29.7 Å². The van der Waals surface area contributed by atoms with Crippen LogP contribution in [0.1, 0.15) is 41.4 Å². The lowest BCUT2D eigenvalue weighted by Gasteiger charge is -2.27. The van der Waals surface area contributed by atoms with Gasteiger partial charge in [0.25, 0.3) is 11.8 Å². The Labute approximate surface area is 211 Å². The summed E-state index contributed by atoms with van der Waals surface area (Å²) >= 11 is 12.4. The second-order valence-electron chi connectivity index (χ2n) is 9.32. The van der Waals surface area contributed by atoms with Crippen molar-refractivity contribution >= 4 is 52.6 Å². The molecule has 2 aliphatic rings. The summed E-state index contributed by atoms with van der Waals surface area (Å²) in [5.41, 5.74) is 0.000910. The number of hydrogen-bond donors (Lipinski definition) is 2. The number of carboxylic acid groups (broad SMARTS) is 1. The van der Waals surface area contributed by atoms with Crippen LogP contribution in [-0.4, -0.2) is 38.0 Å². The van der Waals surface area contributed by atoms with E-state index in [-0.39, 0.29) is 24.0 Å². The van der Waals surface area contributed by atoms with Gasteiger partial charge in [-0.3, -0.25) is 14.2 Å². The molecule has 1 aliphatic carbocycles. The fraction of sp³-hybridized carbons (Fsp3) is 0.280. The third-order valence-corrected chi connectivity index (χ3v) is 7.06. The smallest absolute Gasteiger partial charge is 0.329 e. The van der Waals surface area contributed by atoms with Gasteiger partial charge in [-0.15, -0.1) is 0 Å². The number of amides is 2. The summed E-state index contributed by atoms with van der Waals surface area (Å²) in [5, 5.41) is 12.8. The largest absolute Gasteiger partial charge is 0.480 e. The average molecular weight is 513 g/mol. The molecule has 1 aliphatic heterocycles. The molecule has 2 aromatic carbocycles. The lowest BCUT2D eigenvalue weighted by Crippen LogP contribution is -2.46. The maximum atomic E-state index is 14.0. The Morgan fingerprint density at radius 1 is 1.11 bits per heavy atom. The summed E-state index contributed by atoms with van der Waals surface area (Å²) in [7, 11) is 0. The monoisotopic (exact) mass is 512 g/mol. The highest BCUT2D eigenvalue weighted by molar-refractivity contribution is 6.35. The summed E-state index contributed by atoms with van der Waals surface area (Å²) in [5.74, 6) is -1.76. The van der Waals surface area contributed by atoms with E-state index in [2.05, 4.69) is 10.3 Å². The first-order valence-corrected chi connectivity index (χ1v) is 11.8. The standard InChI is InChI=1S/C25H22Cl2N4O4/c1-14-3-5-15(6-4-14)12-24(2)21(33)30(18-10-16(26)9-17(27)11-18)23-28-13-19(31(23)24)20(32)29-25(7-8-25)22(34)35/h3-6,9-11,13H,7-8,12H2,1-2H3,(H,29,32)(H,34,35). The lowest BCUT2D eigenvalue weighted by molar-refractivity contribution is -0.140. The van der Waals surface area contributed by atoms with Crippen molar-refractivity contribution in [2.24, 2.45) is 0 Å². The SMILES string of the molecule is Cc1ccc(CC2(C)C(=O)N(c3cc(Cl)cc(Cl)c3)c3ncc(C(=O)NC4(C(=O)O)CC4)n32)cc1. The van der Waals surface area contributed by atoms with E-state index in [1.165, 1.54) is 11.1 Å². The molecule has 1 atom stereocenters. The first kappa shape index (κ1) is 23.4. The summed E-state index contributed by atoms with van der Waals surface area (Å²) < 4.78 is 1.58. The fourth-order valence-electron chi connectivity index (χ4n) is 4.53. The number of rotatable bonds is 6. The second kappa shape index (κ2) is 8.10.